The number of carbonyl (C=O) groups excluding carboxylic acids is 2. The monoisotopic (exact) mass is 587 g/mol. The first-order valence-electron chi connectivity index (χ1n) is 10.2. The number of nitrogens with zero attached hydrogens (tertiary/aromatic N) is 1. The number of phenols is 1. The van der Waals surface area contributed by atoms with Gasteiger partial charge >= 0.3 is 6.36 Å². The van der Waals surface area contributed by atoms with E-state index < -0.39 is 97.0 Å². The molecule has 202 valence electrons. The average molecular weight is 588 g/mol. The molecule has 1 heterocycles. The van der Waals surface area contributed by atoms with Gasteiger partial charge in [0.15, 0.2) is 33.0 Å². The Labute approximate surface area is 217 Å². The summed E-state index contributed by atoms with van der Waals surface area (Å²) >= 11 is 13.1. The van der Waals surface area contributed by atoms with E-state index in [1.165, 1.54) is 0 Å². The Morgan fingerprint density at radius 2 is 1.55 bits per heavy atom. The molecule has 0 radical (unpaired) electrons. The molecule has 3 atom stereocenters. The zero-order chi connectivity index (χ0) is 28.5. The first-order valence-corrected chi connectivity index (χ1v) is 11.0. The van der Waals surface area contributed by atoms with Gasteiger partial charge in [0.25, 0.3) is 11.8 Å². The first kappa shape index (κ1) is 27.7. The zero-order valence-electron chi connectivity index (χ0n) is 18.3. The molecule has 1 aliphatic heterocycles. The molecule has 0 unspecified atom stereocenters. The van der Waals surface area contributed by atoms with E-state index in [4.69, 9.17) is 23.2 Å². The van der Waals surface area contributed by atoms with E-state index in [-0.39, 0.29) is 5.57 Å². The molecular weight excluding hydrogens is 577 g/mol. The van der Waals surface area contributed by atoms with Crippen molar-refractivity contribution in [2.24, 2.45) is 0 Å². The smallest absolute Gasteiger partial charge is 0.508 e. The van der Waals surface area contributed by atoms with Crippen LogP contribution < -0.4 is 9.64 Å². The summed E-state index contributed by atoms with van der Waals surface area (Å²) in [6, 6.07) is 2.07. The van der Waals surface area contributed by atoms with Crippen LogP contribution in [-0.2, 0) is 9.59 Å². The summed E-state index contributed by atoms with van der Waals surface area (Å²) in [6.45, 7) is 3.49. The van der Waals surface area contributed by atoms with Gasteiger partial charge in [-0.2, -0.15) is 0 Å². The molecule has 1 N–H and O–H groups in total. The van der Waals surface area contributed by atoms with Crippen LogP contribution in [0.15, 0.2) is 42.5 Å². The third-order valence-electron chi connectivity index (χ3n) is 6.17. The summed E-state index contributed by atoms with van der Waals surface area (Å²) in [4.78, 5) is 21.0. The number of fused-ring (bicyclic) bond motifs is 1. The van der Waals surface area contributed by atoms with Crippen molar-refractivity contribution in [3.05, 3.63) is 77.2 Å². The van der Waals surface area contributed by atoms with Crippen LogP contribution in [0.25, 0.3) is 0 Å². The Morgan fingerprint density at radius 1 is 1.00 bits per heavy atom. The van der Waals surface area contributed by atoms with Gasteiger partial charge in [-0.1, -0.05) is 18.7 Å². The summed E-state index contributed by atoms with van der Waals surface area (Å²) in [5.41, 5.74) is -2.59. The maximum Gasteiger partial charge on any atom is 0.573 e. The SMILES string of the molecule is C=CC1=CC[C@@]2(Cl)C(=O)N(c3c(F)c(F)c(F)c(F)c3F)C(=O)[C@@]2(Cl)[C@H]1c1cc(OC(F)(F)F)ccc1O. The lowest BCUT2D eigenvalue weighted by molar-refractivity contribution is -0.274. The lowest BCUT2D eigenvalue weighted by Gasteiger charge is -2.42. The van der Waals surface area contributed by atoms with Crippen LogP contribution in [0.4, 0.5) is 40.8 Å². The van der Waals surface area contributed by atoms with Crippen molar-refractivity contribution in [1.29, 1.82) is 0 Å². The van der Waals surface area contributed by atoms with Crippen LogP contribution in [0.1, 0.15) is 17.9 Å². The minimum absolute atomic E-state index is 0.0730. The van der Waals surface area contributed by atoms with E-state index in [2.05, 4.69) is 11.3 Å². The van der Waals surface area contributed by atoms with E-state index in [0.29, 0.717) is 12.1 Å². The Hall–Kier alpha value is -3.32. The van der Waals surface area contributed by atoms with Crippen molar-refractivity contribution >= 4 is 40.7 Å². The fraction of sp³-hybridized carbons (Fsp3) is 0.217. The minimum atomic E-state index is -5.19. The average Bonchev–Trinajstić information content (AvgIpc) is 2.99. The van der Waals surface area contributed by atoms with Gasteiger partial charge in [0.2, 0.25) is 5.82 Å². The molecule has 15 heteroatoms. The summed E-state index contributed by atoms with van der Waals surface area (Å²) < 4.78 is 113. The quantitative estimate of drug-likeness (QED) is 0.154. The number of benzene rings is 2. The predicted octanol–water partition coefficient (Wildman–Crippen LogP) is 6.11. The molecule has 0 aromatic heterocycles. The third kappa shape index (κ3) is 3.74. The molecule has 0 saturated carbocycles. The molecule has 2 amide bonds. The fourth-order valence-electron chi connectivity index (χ4n) is 4.50. The van der Waals surface area contributed by atoms with Gasteiger partial charge in [-0.05, 0) is 30.2 Å². The van der Waals surface area contributed by atoms with E-state index >= 15 is 0 Å². The number of allylic oxidation sites excluding steroid dienone is 3. The van der Waals surface area contributed by atoms with Crippen molar-refractivity contribution in [3.8, 4) is 11.5 Å². The lowest BCUT2D eigenvalue weighted by atomic mass is 9.68. The van der Waals surface area contributed by atoms with Gasteiger partial charge in [0.05, 0.1) is 0 Å². The molecule has 38 heavy (non-hydrogen) atoms. The highest BCUT2D eigenvalue weighted by atomic mass is 35.5. The topological polar surface area (TPSA) is 66.8 Å². The van der Waals surface area contributed by atoms with Crippen LogP contribution in [0, 0.1) is 29.1 Å². The van der Waals surface area contributed by atoms with Crippen LogP contribution in [-0.4, -0.2) is 33.0 Å². The number of hydrogen-bond donors (Lipinski definition) is 1. The zero-order valence-corrected chi connectivity index (χ0v) is 19.8. The molecular formula is C23H11Cl2F8NO4. The highest BCUT2D eigenvalue weighted by molar-refractivity contribution is 6.58. The summed E-state index contributed by atoms with van der Waals surface area (Å²) in [6.07, 6.45) is -3.61. The number of ether oxygens (including phenoxy) is 1. The lowest BCUT2D eigenvalue weighted by Crippen LogP contribution is -2.54. The standard InChI is InChI=1S/C23H11Cl2F8NO4/c1-2-8-5-6-21(24)19(36)34(18-16(29)14(27)13(26)15(28)17(18)30)20(37)22(21,25)12(8)10-7-9(3-4-11(10)35)38-23(31,32)33/h2-5,7,12,35H,1,6H2/t12-,21-,22+/m1/s1. The van der Waals surface area contributed by atoms with Crippen molar-refractivity contribution < 1.29 is 54.6 Å². The highest BCUT2D eigenvalue weighted by Gasteiger charge is 2.74. The van der Waals surface area contributed by atoms with E-state index in [1.807, 2.05) is 0 Å². The maximum atomic E-state index is 14.6. The van der Waals surface area contributed by atoms with Crippen LogP contribution in [0.2, 0.25) is 0 Å². The maximum absolute atomic E-state index is 14.6. The second kappa shape index (κ2) is 8.87. The number of anilines is 1. The molecule has 5 nitrogen and oxygen atoms in total. The summed E-state index contributed by atoms with van der Waals surface area (Å²) in [5, 5.41) is 10.5. The molecule has 1 aliphatic carbocycles. The van der Waals surface area contributed by atoms with Crippen molar-refractivity contribution in [1.82, 2.24) is 0 Å². The van der Waals surface area contributed by atoms with Gasteiger partial charge < -0.3 is 9.84 Å². The number of rotatable bonds is 4. The Bertz CT molecular complexity index is 1420. The first-order chi connectivity index (χ1) is 17.5. The van der Waals surface area contributed by atoms with E-state index in [0.717, 1.165) is 18.2 Å². The van der Waals surface area contributed by atoms with Crippen LogP contribution in [0.5, 0.6) is 11.5 Å². The molecule has 4 rings (SSSR count). The molecule has 2 aliphatic rings. The largest absolute Gasteiger partial charge is 0.573 e. The summed E-state index contributed by atoms with van der Waals surface area (Å²) in [7, 11) is 0. The molecule has 0 bridgehead atoms. The van der Waals surface area contributed by atoms with Gasteiger partial charge in [0.1, 0.15) is 17.2 Å². The molecule has 2 aromatic rings. The number of halogens is 10. The predicted molar refractivity (Wildman–Crippen MR) is 116 cm³/mol. The highest BCUT2D eigenvalue weighted by Crippen LogP contribution is 2.61. The number of alkyl halides is 5. The van der Waals surface area contributed by atoms with Crippen LogP contribution in [0.3, 0.4) is 0 Å². The van der Waals surface area contributed by atoms with Gasteiger partial charge in [-0.25, -0.2) is 26.9 Å². The fourth-order valence-corrected chi connectivity index (χ4v) is 5.34. The summed E-state index contributed by atoms with van der Waals surface area (Å²) in [5.74, 6) is -19.6. The van der Waals surface area contributed by atoms with E-state index in [1.54, 1.807) is 0 Å². The Morgan fingerprint density at radius 3 is 2.08 bits per heavy atom. The normalized spacial score (nSPS) is 25.4. The van der Waals surface area contributed by atoms with Gasteiger partial charge in [-0.3, -0.25) is 9.59 Å². The third-order valence-corrected chi connectivity index (χ3v) is 7.59. The molecule has 0 spiro atoms. The van der Waals surface area contributed by atoms with Crippen LogP contribution >= 0.6 is 23.2 Å². The number of aromatic hydroxyl groups is 1. The van der Waals surface area contributed by atoms with Gasteiger partial charge in [-0.15, -0.1) is 36.4 Å². The van der Waals surface area contributed by atoms with E-state index in [9.17, 15) is 49.8 Å². The second-order valence-electron chi connectivity index (χ2n) is 8.19. The van der Waals surface area contributed by atoms with Crippen molar-refractivity contribution in [3.63, 3.8) is 0 Å². The number of hydrogen-bond acceptors (Lipinski definition) is 4. The van der Waals surface area contributed by atoms with Gasteiger partial charge in [0, 0.05) is 11.5 Å². The Kier molecular flexibility index (Phi) is 6.47. The second-order valence-corrected chi connectivity index (χ2v) is 9.43. The number of amides is 2. The van der Waals surface area contributed by atoms with Crippen molar-refractivity contribution in [2.45, 2.75) is 28.4 Å². The van der Waals surface area contributed by atoms with Crippen molar-refractivity contribution in [2.75, 3.05) is 4.90 Å². The number of imide groups is 1. The number of carbonyl (C=O) groups is 2. The number of phenolic OH excluding ortho intramolecular Hbond substituents is 1. The molecule has 1 saturated heterocycles. The molecule has 2 aromatic carbocycles. The Balaban J connectivity index is 1.98. The molecule has 1 fully saturated rings. The minimum Gasteiger partial charge on any atom is -0.508 e.